The van der Waals surface area contributed by atoms with Gasteiger partial charge in [0, 0.05) is 5.39 Å². The Morgan fingerprint density at radius 3 is 3.00 bits per heavy atom. The standard InChI is InChI=1S/C9H6FNO2/c1-5-7-3-2-6(4-12)8(10)9(7)13-11-5/h2-4H,1H3. The van der Waals surface area contributed by atoms with Crippen LogP contribution >= 0.6 is 0 Å². The molecule has 1 aromatic heterocycles. The lowest BCUT2D eigenvalue weighted by atomic mass is 10.1. The summed E-state index contributed by atoms with van der Waals surface area (Å²) in [5.74, 6) is -0.645. The van der Waals surface area contributed by atoms with Crippen molar-refractivity contribution in [2.75, 3.05) is 0 Å². The topological polar surface area (TPSA) is 43.1 Å². The molecule has 2 aromatic rings. The SMILES string of the molecule is Cc1noc2c(F)c(C=O)ccc12. The fraction of sp³-hybridized carbons (Fsp3) is 0.111. The number of carbonyl (C=O) groups excluding carboxylic acids is 1. The van der Waals surface area contributed by atoms with E-state index in [1.807, 2.05) is 0 Å². The Hall–Kier alpha value is -1.71. The summed E-state index contributed by atoms with van der Waals surface area (Å²) in [6.07, 6.45) is 0.451. The molecule has 0 saturated heterocycles. The van der Waals surface area contributed by atoms with Gasteiger partial charge in [0.1, 0.15) is 0 Å². The van der Waals surface area contributed by atoms with Crippen molar-refractivity contribution < 1.29 is 13.7 Å². The molecule has 0 fully saturated rings. The molecule has 0 aliphatic heterocycles. The predicted molar refractivity (Wildman–Crippen MR) is 44.1 cm³/mol. The smallest absolute Gasteiger partial charge is 0.203 e. The molecule has 4 heteroatoms. The molecule has 0 amide bonds. The van der Waals surface area contributed by atoms with E-state index in [2.05, 4.69) is 5.16 Å². The number of aromatic nitrogens is 1. The van der Waals surface area contributed by atoms with Crippen molar-refractivity contribution in [1.82, 2.24) is 5.16 Å². The first-order chi connectivity index (χ1) is 6.24. The third kappa shape index (κ3) is 1.02. The van der Waals surface area contributed by atoms with Crippen molar-refractivity contribution in [3.8, 4) is 0 Å². The maximum Gasteiger partial charge on any atom is 0.203 e. The van der Waals surface area contributed by atoms with Gasteiger partial charge in [-0.2, -0.15) is 0 Å². The number of hydrogen-bond acceptors (Lipinski definition) is 3. The Morgan fingerprint density at radius 1 is 1.54 bits per heavy atom. The average molecular weight is 179 g/mol. The summed E-state index contributed by atoms with van der Waals surface area (Å²) in [6.45, 7) is 1.71. The van der Waals surface area contributed by atoms with Crippen LogP contribution in [-0.2, 0) is 0 Å². The highest BCUT2D eigenvalue weighted by Crippen LogP contribution is 2.22. The molecule has 66 valence electrons. The minimum Gasteiger partial charge on any atom is -0.353 e. The molecule has 0 aliphatic carbocycles. The van der Waals surface area contributed by atoms with Crippen molar-refractivity contribution in [3.05, 3.63) is 29.2 Å². The number of aryl methyl sites for hydroxylation is 1. The third-order valence-electron chi connectivity index (χ3n) is 1.92. The second kappa shape index (κ2) is 2.65. The lowest BCUT2D eigenvalue weighted by Gasteiger charge is -1.93. The van der Waals surface area contributed by atoms with Gasteiger partial charge in [0.15, 0.2) is 12.1 Å². The molecule has 0 atom stereocenters. The predicted octanol–water partition coefficient (Wildman–Crippen LogP) is 2.09. The van der Waals surface area contributed by atoms with Crippen LogP contribution in [0.1, 0.15) is 16.1 Å². The zero-order valence-corrected chi connectivity index (χ0v) is 6.87. The van der Waals surface area contributed by atoms with Gasteiger partial charge in [0.2, 0.25) is 5.58 Å². The normalized spacial score (nSPS) is 10.6. The van der Waals surface area contributed by atoms with E-state index in [-0.39, 0.29) is 11.1 Å². The van der Waals surface area contributed by atoms with Crippen LogP contribution in [0.25, 0.3) is 11.0 Å². The van der Waals surface area contributed by atoms with Crippen molar-refractivity contribution in [2.24, 2.45) is 0 Å². The lowest BCUT2D eigenvalue weighted by molar-refractivity contribution is 0.112. The van der Waals surface area contributed by atoms with E-state index in [0.717, 1.165) is 0 Å². The Balaban J connectivity index is 2.87. The average Bonchev–Trinajstić information content (AvgIpc) is 2.50. The van der Waals surface area contributed by atoms with Gasteiger partial charge in [-0.1, -0.05) is 5.16 Å². The number of rotatable bonds is 1. The largest absolute Gasteiger partial charge is 0.353 e. The fourth-order valence-corrected chi connectivity index (χ4v) is 1.20. The van der Waals surface area contributed by atoms with Crippen LogP contribution in [0.2, 0.25) is 0 Å². The number of fused-ring (bicyclic) bond motifs is 1. The molecule has 0 unspecified atom stereocenters. The van der Waals surface area contributed by atoms with E-state index < -0.39 is 5.82 Å². The first-order valence-corrected chi connectivity index (χ1v) is 3.73. The molecular weight excluding hydrogens is 173 g/mol. The van der Waals surface area contributed by atoms with Crippen LogP contribution in [0, 0.1) is 12.7 Å². The fourth-order valence-electron chi connectivity index (χ4n) is 1.20. The number of aldehydes is 1. The monoisotopic (exact) mass is 179 g/mol. The summed E-state index contributed by atoms with van der Waals surface area (Å²) in [6, 6.07) is 3.03. The van der Waals surface area contributed by atoms with Gasteiger partial charge in [0.05, 0.1) is 11.3 Å². The molecule has 0 saturated carbocycles. The quantitative estimate of drug-likeness (QED) is 0.629. The Morgan fingerprint density at radius 2 is 2.31 bits per heavy atom. The molecule has 3 nitrogen and oxygen atoms in total. The summed E-state index contributed by atoms with van der Waals surface area (Å²) in [5.41, 5.74) is 0.650. The summed E-state index contributed by atoms with van der Waals surface area (Å²) in [7, 11) is 0. The zero-order chi connectivity index (χ0) is 9.42. The highest BCUT2D eigenvalue weighted by Gasteiger charge is 2.12. The lowest BCUT2D eigenvalue weighted by Crippen LogP contribution is -1.86. The number of carbonyl (C=O) groups is 1. The maximum atomic E-state index is 13.3. The molecule has 0 aliphatic rings. The van der Waals surface area contributed by atoms with E-state index >= 15 is 0 Å². The van der Waals surface area contributed by atoms with E-state index in [4.69, 9.17) is 4.52 Å². The van der Waals surface area contributed by atoms with Crippen LogP contribution in [0.15, 0.2) is 16.7 Å². The summed E-state index contributed by atoms with van der Waals surface area (Å²) in [4.78, 5) is 10.4. The zero-order valence-electron chi connectivity index (χ0n) is 6.87. The van der Waals surface area contributed by atoms with Gasteiger partial charge in [-0.25, -0.2) is 4.39 Å². The van der Waals surface area contributed by atoms with Crippen LogP contribution < -0.4 is 0 Å². The molecule has 2 rings (SSSR count). The molecule has 1 aromatic carbocycles. The number of hydrogen-bond donors (Lipinski definition) is 0. The minimum atomic E-state index is -0.645. The Kier molecular flexibility index (Phi) is 1.62. The summed E-state index contributed by atoms with van der Waals surface area (Å²) in [5, 5.41) is 4.20. The minimum absolute atomic E-state index is 0.0105. The molecule has 0 spiro atoms. The second-order valence-corrected chi connectivity index (χ2v) is 2.73. The molecule has 0 radical (unpaired) electrons. The number of benzene rings is 1. The first-order valence-electron chi connectivity index (χ1n) is 3.73. The van der Waals surface area contributed by atoms with Crippen LogP contribution in [0.3, 0.4) is 0 Å². The molecular formula is C9H6FNO2. The van der Waals surface area contributed by atoms with Crippen LogP contribution in [-0.4, -0.2) is 11.4 Å². The van der Waals surface area contributed by atoms with Gasteiger partial charge in [-0.3, -0.25) is 4.79 Å². The van der Waals surface area contributed by atoms with Gasteiger partial charge in [-0.05, 0) is 19.1 Å². The molecule has 0 N–H and O–H groups in total. The Labute approximate surface area is 73.1 Å². The van der Waals surface area contributed by atoms with E-state index in [1.165, 1.54) is 6.07 Å². The van der Waals surface area contributed by atoms with Gasteiger partial charge >= 0.3 is 0 Å². The number of halogens is 1. The van der Waals surface area contributed by atoms with E-state index in [1.54, 1.807) is 13.0 Å². The van der Waals surface area contributed by atoms with Gasteiger partial charge in [-0.15, -0.1) is 0 Å². The van der Waals surface area contributed by atoms with Gasteiger partial charge < -0.3 is 4.52 Å². The maximum absolute atomic E-state index is 13.3. The van der Waals surface area contributed by atoms with E-state index in [0.29, 0.717) is 17.4 Å². The van der Waals surface area contributed by atoms with Crippen molar-refractivity contribution >= 4 is 17.3 Å². The van der Waals surface area contributed by atoms with Crippen LogP contribution in [0.4, 0.5) is 4.39 Å². The van der Waals surface area contributed by atoms with Crippen molar-refractivity contribution in [3.63, 3.8) is 0 Å². The van der Waals surface area contributed by atoms with Crippen molar-refractivity contribution in [1.29, 1.82) is 0 Å². The molecule has 0 bridgehead atoms. The van der Waals surface area contributed by atoms with Gasteiger partial charge in [0.25, 0.3) is 0 Å². The van der Waals surface area contributed by atoms with Crippen LogP contribution in [0.5, 0.6) is 0 Å². The highest BCUT2D eigenvalue weighted by molar-refractivity contribution is 5.87. The van der Waals surface area contributed by atoms with E-state index in [9.17, 15) is 9.18 Å². The summed E-state index contributed by atoms with van der Waals surface area (Å²) < 4.78 is 18.1. The van der Waals surface area contributed by atoms with Crippen molar-refractivity contribution in [2.45, 2.75) is 6.92 Å². The Bertz CT molecular complexity index is 476. The molecule has 13 heavy (non-hydrogen) atoms. The highest BCUT2D eigenvalue weighted by atomic mass is 19.1. The molecule has 1 heterocycles. The number of nitrogens with zero attached hydrogens (tertiary/aromatic N) is 1. The first kappa shape index (κ1) is 7.91. The summed E-state index contributed by atoms with van der Waals surface area (Å²) >= 11 is 0. The second-order valence-electron chi connectivity index (χ2n) is 2.73. The third-order valence-corrected chi connectivity index (χ3v) is 1.92.